The van der Waals surface area contributed by atoms with Crippen LogP contribution in [0.3, 0.4) is 0 Å². The molecule has 2 aliphatic rings. The van der Waals surface area contributed by atoms with Crippen LogP contribution in [-0.4, -0.2) is 67.2 Å². The van der Waals surface area contributed by atoms with E-state index in [1.54, 1.807) is 13.3 Å². The van der Waals surface area contributed by atoms with Crippen molar-refractivity contribution >= 4 is 23.4 Å². The summed E-state index contributed by atoms with van der Waals surface area (Å²) in [6, 6.07) is 7.50. The van der Waals surface area contributed by atoms with Gasteiger partial charge in [0.15, 0.2) is 11.5 Å². The summed E-state index contributed by atoms with van der Waals surface area (Å²) in [4.78, 5) is 24.6. The summed E-state index contributed by atoms with van der Waals surface area (Å²) in [5.74, 6) is 2.25. The maximum Gasteiger partial charge on any atom is 0.229 e. The van der Waals surface area contributed by atoms with Crippen LogP contribution in [0.5, 0.6) is 11.5 Å². The summed E-state index contributed by atoms with van der Waals surface area (Å²) in [6.07, 6.45) is 5.28. The number of rotatable bonds is 10. The number of primary amides is 1. The molecular formula is C22H30N6O3. The third-order valence-corrected chi connectivity index (χ3v) is 5.74. The SMILES string of the molecule is COc1ccc(Nc2nccc(N3CC(C(N)=O)C3)n2)cc1OCCCN1CCCC1. The van der Waals surface area contributed by atoms with E-state index in [2.05, 4.69) is 20.2 Å². The summed E-state index contributed by atoms with van der Waals surface area (Å²) in [5, 5.41) is 3.22. The predicted molar refractivity (Wildman–Crippen MR) is 119 cm³/mol. The highest BCUT2D eigenvalue weighted by atomic mass is 16.5. The highest BCUT2D eigenvalue weighted by Gasteiger charge is 2.32. The minimum atomic E-state index is -0.269. The largest absolute Gasteiger partial charge is 0.493 e. The van der Waals surface area contributed by atoms with Crippen LogP contribution in [0.25, 0.3) is 0 Å². The summed E-state index contributed by atoms with van der Waals surface area (Å²) >= 11 is 0. The molecule has 0 saturated carbocycles. The molecule has 3 heterocycles. The molecule has 1 aromatic carbocycles. The molecule has 2 aliphatic heterocycles. The summed E-state index contributed by atoms with van der Waals surface area (Å²) < 4.78 is 11.4. The second kappa shape index (κ2) is 9.82. The van der Waals surface area contributed by atoms with Crippen LogP contribution in [0.2, 0.25) is 0 Å². The topological polar surface area (TPSA) is 106 Å². The normalized spacial score (nSPS) is 16.7. The Bertz CT molecular complexity index is 897. The fraction of sp³-hybridized carbons (Fsp3) is 0.500. The summed E-state index contributed by atoms with van der Waals surface area (Å²) in [7, 11) is 1.64. The van der Waals surface area contributed by atoms with Crippen LogP contribution in [-0.2, 0) is 4.79 Å². The maximum absolute atomic E-state index is 11.2. The van der Waals surface area contributed by atoms with Gasteiger partial charge in [0.1, 0.15) is 5.82 Å². The molecule has 31 heavy (non-hydrogen) atoms. The number of nitrogens with two attached hydrogens (primary N) is 1. The van der Waals surface area contributed by atoms with Crippen molar-refractivity contribution < 1.29 is 14.3 Å². The first-order chi connectivity index (χ1) is 15.1. The van der Waals surface area contributed by atoms with Crippen molar-refractivity contribution in [3.63, 3.8) is 0 Å². The number of anilines is 3. The van der Waals surface area contributed by atoms with Gasteiger partial charge in [0.25, 0.3) is 0 Å². The monoisotopic (exact) mass is 426 g/mol. The van der Waals surface area contributed by atoms with Crippen molar-refractivity contribution in [3.8, 4) is 11.5 Å². The molecule has 0 spiro atoms. The van der Waals surface area contributed by atoms with E-state index in [9.17, 15) is 4.79 Å². The second-order valence-corrected chi connectivity index (χ2v) is 7.98. The zero-order valence-corrected chi connectivity index (χ0v) is 17.9. The van der Waals surface area contributed by atoms with Crippen LogP contribution in [0.15, 0.2) is 30.5 Å². The van der Waals surface area contributed by atoms with E-state index in [4.69, 9.17) is 15.2 Å². The van der Waals surface area contributed by atoms with E-state index in [0.717, 1.165) is 24.5 Å². The molecule has 0 aliphatic carbocycles. The van der Waals surface area contributed by atoms with Gasteiger partial charge in [0.05, 0.1) is 19.6 Å². The van der Waals surface area contributed by atoms with E-state index in [-0.39, 0.29) is 11.8 Å². The number of nitrogens with one attached hydrogen (secondary N) is 1. The number of hydrogen-bond donors (Lipinski definition) is 2. The highest BCUT2D eigenvalue weighted by Crippen LogP contribution is 2.31. The molecule has 2 aromatic rings. The number of carbonyl (C=O) groups is 1. The van der Waals surface area contributed by atoms with Crippen molar-refractivity contribution in [2.45, 2.75) is 19.3 Å². The molecule has 9 heteroatoms. The predicted octanol–water partition coefficient (Wildman–Crippen LogP) is 2.01. The first kappa shape index (κ1) is 21.2. The number of hydrogen-bond acceptors (Lipinski definition) is 8. The second-order valence-electron chi connectivity index (χ2n) is 7.98. The van der Waals surface area contributed by atoms with Gasteiger partial charge in [-0.25, -0.2) is 4.98 Å². The van der Waals surface area contributed by atoms with Gasteiger partial charge in [-0.05, 0) is 50.6 Å². The Labute approximate surface area is 182 Å². The standard InChI is InChI=1S/C22H30N6O3/c1-30-18-6-5-17(13-19(18)31-12-4-11-27-9-2-3-10-27)25-22-24-8-7-20(26-22)28-14-16(15-28)21(23)29/h5-8,13,16H,2-4,9-12,14-15H2,1H3,(H2,23,29)(H,24,25,26). The van der Waals surface area contributed by atoms with Gasteiger partial charge >= 0.3 is 0 Å². The third-order valence-electron chi connectivity index (χ3n) is 5.74. The van der Waals surface area contributed by atoms with Gasteiger partial charge in [-0.15, -0.1) is 0 Å². The Morgan fingerprint density at radius 2 is 2.03 bits per heavy atom. The molecule has 0 bridgehead atoms. The van der Waals surface area contributed by atoms with Crippen LogP contribution in [0.4, 0.5) is 17.5 Å². The zero-order chi connectivity index (χ0) is 21.6. The fourth-order valence-corrected chi connectivity index (χ4v) is 3.90. The van der Waals surface area contributed by atoms with Gasteiger partial charge in [-0.3, -0.25) is 4.79 Å². The number of nitrogens with zero attached hydrogens (tertiary/aromatic N) is 4. The summed E-state index contributed by atoms with van der Waals surface area (Å²) in [5.41, 5.74) is 6.16. The molecular weight excluding hydrogens is 396 g/mol. The smallest absolute Gasteiger partial charge is 0.229 e. The highest BCUT2D eigenvalue weighted by molar-refractivity contribution is 5.80. The molecule has 0 atom stereocenters. The summed E-state index contributed by atoms with van der Waals surface area (Å²) in [6.45, 7) is 5.27. The Hall–Kier alpha value is -3.07. The van der Waals surface area contributed by atoms with Gasteiger partial charge in [-0.2, -0.15) is 4.98 Å². The Morgan fingerprint density at radius 1 is 1.23 bits per heavy atom. The number of ether oxygens (including phenoxy) is 2. The fourth-order valence-electron chi connectivity index (χ4n) is 3.90. The molecule has 166 valence electrons. The molecule has 1 amide bonds. The molecule has 3 N–H and O–H groups in total. The number of methoxy groups -OCH3 is 1. The Morgan fingerprint density at radius 3 is 2.77 bits per heavy atom. The van der Waals surface area contributed by atoms with Crippen molar-refractivity contribution in [3.05, 3.63) is 30.5 Å². The number of amides is 1. The van der Waals surface area contributed by atoms with Crippen molar-refractivity contribution in [2.75, 3.05) is 56.7 Å². The lowest BCUT2D eigenvalue weighted by Gasteiger charge is -2.38. The van der Waals surface area contributed by atoms with E-state index in [1.807, 2.05) is 29.2 Å². The molecule has 2 fully saturated rings. The Balaban J connectivity index is 1.35. The maximum atomic E-state index is 11.2. The van der Waals surface area contributed by atoms with E-state index in [0.29, 0.717) is 37.1 Å². The van der Waals surface area contributed by atoms with Gasteiger partial charge < -0.3 is 30.3 Å². The quantitative estimate of drug-likeness (QED) is 0.556. The van der Waals surface area contributed by atoms with Crippen LogP contribution < -0.4 is 25.4 Å². The Kier molecular flexibility index (Phi) is 6.71. The van der Waals surface area contributed by atoms with E-state index >= 15 is 0 Å². The first-order valence-corrected chi connectivity index (χ1v) is 10.8. The van der Waals surface area contributed by atoms with Crippen molar-refractivity contribution in [1.29, 1.82) is 0 Å². The third kappa shape index (κ3) is 5.35. The van der Waals surface area contributed by atoms with E-state index in [1.165, 1.54) is 25.9 Å². The molecule has 9 nitrogen and oxygen atoms in total. The number of likely N-dealkylation sites (tertiary alicyclic amines) is 1. The van der Waals surface area contributed by atoms with Gasteiger partial charge in [0.2, 0.25) is 11.9 Å². The minimum absolute atomic E-state index is 0.113. The first-order valence-electron chi connectivity index (χ1n) is 10.8. The molecule has 2 saturated heterocycles. The lowest BCUT2D eigenvalue weighted by Crippen LogP contribution is -2.52. The van der Waals surface area contributed by atoms with Crippen LogP contribution >= 0.6 is 0 Å². The molecule has 0 radical (unpaired) electrons. The van der Waals surface area contributed by atoms with E-state index < -0.39 is 0 Å². The number of carbonyl (C=O) groups excluding carboxylic acids is 1. The van der Waals surface area contributed by atoms with Gasteiger partial charge in [0, 0.05) is 37.6 Å². The van der Waals surface area contributed by atoms with Crippen LogP contribution in [0.1, 0.15) is 19.3 Å². The molecule has 4 rings (SSSR count). The van der Waals surface area contributed by atoms with Crippen LogP contribution in [0, 0.1) is 5.92 Å². The average Bonchev–Trinajstić information content (AvgIpc) is 3.24. The lowest BCUT2D eigenvalue weighted by atomic mass is 10.00. The molecule has 0 unspecified atom stereocenters. The molecule has 1 aromatic heterocycles. The number of benzene rings is 1. The lowest BCUT2D eigenvalue weighted by molar-refractivity contribution is -0.122. The van der Waals surface area contributed by atoms with Crippen molar-refractivity contribution in [1.82, 2.24) is 14.9 Å². The average molecular weight is 427 g/mol. The zero-order valence-electron chi connectivity index (χ0n) is 17.9. The minimum Gasteiger partial charge on any atom is -0.493 e. The van der Waals surface area contributed by atoms with Crippen molar-refractivity contribution in [2.24, 2.45) is 11.7 Å². The number of aromatic nitrogens is 2. The van der Waals surface area contributed by atoms with Gasteiger partial charge in [-0.1, -0.05) is 0 Å².